The molecule has 0 aliphatic carbocycles. The molecule has 140 valence electrons. The van der Waals surface area contributed by atoms with E-state index in [-0.39, 0.29) is 0 Å². The van der Waals surface area contributed by atoms with E-state index in [1.54, 1.807) is 24.3 Å². The molecular formula is C12H8Cl6N3P3S2. The lowest BCUT2D eigenvalue weighted by Crippen LogP contribution is -1.77. The highest BCUT2D eigenvalue weighted by molar-refractivity contribution is 8.91. The summed E-state index contributed by atoms with van der Waals surface area (Å²) >= 11 is 40.1. The molecule has 2 aromatic rings. The Labute approximate surface area is 188 Å². The third-order valence-electron chi connectivity index (χ3n) is 2.73. The first-order valence-corrected chi connectivity index (χ1v) is 19.0. The van der Waals surface area contributed by atoms with Crippen LogP contribution in [0.5, 0.6) is 0 Å². The maximum absolute atomic E-state index is 6.32. The normalized spacial score (nSPS) is 19.8. The van der Waals surface area contributed by atoms with E-state index in [0.717, 1.165) is 9.79 Å². The Hall–Kier alpha value is 1.57. The molecule has 14 heteroatoms. The molecule has 0 saturated heterocycles. The van der Waals surface area contributed by atoms with E-state index in [9.17, 15) is 0 Å². The molecule has 0 aromatic heterocycles. The molecule has 0 saturated carbocycles. The molecule has 0 bridgehead atoms. The predicted molar refractivity (Wildman–Crippen MR) is 126 cm³/mol. The van der Waals surface area contributed by atoms with Crippen molar-refractivity contribution in [1.82, 2.24) is 0 Å². The fraction of sp³-hybridized carbons (Fsp3) is 0. The molecule has 1 aliphatic heterocycles. The second-order valence-corrected chi connectivity index (χ2v) is 23.4. The van der Waals surface area contributed by atoms with Crippen LogP contribution in [0.3, 0.4) is 0 Å². The molecule has 2 aromatic carbocycles. The molecule has 0 unspecified atom stereocenters. The summed E-state index contributed by atoms with van der Waals surface area (Å²) in [5.41, 5.74) is -2.63. The van der Waals surface area contributed by atoms with Crippen LogP contribution < -0.4 is 0 Å². The SMILES string of the molecule is Clc1ccc(SP2(Sc3ccc(Cl)cc3)=NP(Cl)(Cl)=NP(Cl)(Cl)=N2)cc1. The van der Waals surface area contributed by atoms with Gasteiger partial charge in [0, 0.05) is 19.8 Å². The van der Waals surface area contributed by atoms with Gasteiger partial charge in [-0.05, 0) is 116 Å². The molecule has 0 N–H and O–H groups in total. The van der Waals surface area contributed by atoms with E-state index in [0.29, 0.717) is 10.0 Å². The van der Waals surface area contributed by atoms with Gasteiger partial charge < -0.3 is 0 Å². The van der Waals surface area contributed by atoms with Crippen molar-refractivity contribution in [2.75, 3.05) is 0 Å². The highest BCUT2D eigenvalue weighted by atomic mass is 35.9. The number of rotatable bonds is 4. The van der Waals surface area contributed by atoms with Crippen LogP contribution >= 0.6 is 108 Å². The smallest absolute Gasteiger partial charge is 0.193 e. The van der Waals surface area contributed by atoms with Crippen LogP contribution in [0.25, 0.3) is 0 Å². The van der Waals surface area contributed by atoms with Crippen LogP contribution in [0, 0.1) is 0 Å². The minimum absolute atomic E-state index is 0.632. The first-order chi connectivity index (χ1) is 12.1. The summed E-state index contributed by atoms with van der Waals surface area (Å²) < 4.78 is 13.3. The summed E-state index contributed by atoms with van der Waals surface area (Å²) in [5.74, 6) is -6.06. The van der Waals surface area contributed by atoms with Crippen molar-refractivity contribution >= 4 is 108 Å². The van der Waals surface area contributed by atoms with Crippen LogP contribution in [0.15, 0.2) is 71.9 Å². The maximum atomic E-state index is 6.32. The van der Waals surface area contributed by atoms with Crippen molar-refractivity contribution in [3.05, 3.63) is 58.6 Å². The Morgan fingerprint density at radius 2 is 0.962 bits per heavy atom. The van der Waals surface area contributed by atoms with Gasteiger partial charge in [-0.25, -0.2) is 0 Å². The van der Waals surface area contributed by atoms with Gasteiger partial charge in [0.1, 0.15) is 0 Å². The molecule has 0 amide bonds. The van der Waals surface area contributed by atoms with Crippen LogP contribution in [0.2, 0.25) is 10.0 Å². The Balaban J connectivity index is 2.11. The van der Waals surface area contributed by atoms with E-state index in [1.807, 2.05) is 24.3 Å². The van der Waals surface area contributed by atoms with Crippen molar-refractivity contribution < 1.29 is 0 Å². The summed E-state index contributed by atoms with van der Waals surface area (Å²) in [7, 11) is 0. The molecule has 3 nitrogen and oxygen atoms in total. The van der Waals surface area contributed by atoms with E-state index in [4.69, 9.17) is 68.2 Å². The van der Waals surface area contributed by atoms with Gasteiger partial charge in [-0.3, -0.25) is 0 Å². The molecule has 0 spiro atoms. The second kappa shape index (κ2) is 8.75. The minimum atomic E-state index is -3.03. The van der Waals surface area contributed by atoms with Crippen molar-refractivity contribution in [3.8, 4) is 0 Å². The highest BCUT2D eigenvalue weighted by Crippen LogP contribution is 2.92. The number of halogens is 6. The van der Waals surface area contributed by atoms with Gasteiger partial charge in [0.25, 0.3) is 11.8 Å². The largest absolute Gasteiger partial charge is 0.257 e. The summed E-state index contributed by atoms with van der Waals surface area (Å²) in [6.07, 6.45) is 0. The zero-order chi connectivity index (χ0) is 19.0. The monoisotopic (exact) mass is 561 g/mol. The van der Waals surface area contributed by atoms with Gasteiger partial charge in [-0.1, -0.05) is 23.2 Å². The van der Waals surface area contributed by atoms with Gasteiger partial charge in [0.05, 0.1) is 0 Å². The average molecular weight is 564 g/mol. The molecule has 26 heavy (non-hydrogen) atoms. The highest BCUT2D eigenvalue weighted by Gasteiger charge is 2.35. The van der Waals surface area contributed by atoms with Crippen molar-refractivity contribution in [2.24, 2.45) is 13.5 Å². The van der Waals surface area contributed by atoms with Gasteiger partial charge in [-0.15, -0.1) is 0 Å². The second-order valence-electron chi connectivity index (χ2n) is 4.76. The predicted octanol–water partition coefficient (Wildman–Crippen LogP) is 11.7. The van der Waals surface area contributed by atoms with Crippen molar-refractivity contribution in [3.63, 3.8) is 0 Å². The molecule has 3 rings (SSSR count). The lowest BCUT2D eigenvalue weighted by atomic mass is 10.4. The van der Waals surface area contributed by atoms with Crippen LogP contribution in [-0.2, 0) is 0 Å². The topological polar surface area (TPSA) is 37.1 Å². The maximum Gasteiger partial charge on any atom is 0.257 e. The Morgan fingerprint density at radius 1 is 0.577 bits per heavy atom. The summed E-state index contributed by atoms with van der Waals surface area (Å²) in [5, 5.41) is 1.26. The first-order valence-electron chi connectivity index (χ1n) is 6.67. The molecular weight excluding hydrogens is 556 g/mol. The molecule has 1 heterocycles. The van der Waals surface area contributed by atoms with Crippen LogP contribution in [0.4, 0.5) is 0 Å². The minimum Gasteiger partial charge on any atom is -0.193 e. The van der Waals surface area contributed by atoms with Gasteiger partial charge in [0.15, 0.2) is 0 Å². The Bertz CT molecular complexity index is 925. The van der Waals surface area contributed by atoms with E-state index in [2.05, 4.69) is 13.5 Å². The summed E-state index contributed by atoms with van der Waals surface area (Å²) in [4.78, 5) is 1.81. The van der Waals surface area contributed by atoms with Crippen molar-refractivity contribution in [1.29, 1.82) is 0 Å². The molecule has 0 radical (unpaired) electrons. The third kappa shape index (κ3) is 6.28. The fourth-order valence-corrected chi connectivity index (χ4v) is 29.0. The Morgan fingerprint density at radius 3 is 1.35 bits per heavy atom. The summed E-state index contributed by atoms with van der Waals surface area (Å²) in [6, 6.07) is 14.6. The lowest BCUT2D eigenvalue weighted by Gasteiger charge is -2.25. The fourth-order valence-electron chi connectivity index (χ4n) is 1.81. The number of hydrogen-bond acceptors (Lipinski definition) is 5. The zero-order valence-corrected chi connectivity index (χ0v) is 21.2. The number of hydrogen-bond donors (Lipinski definition) is 0. The lowest BCUT2D eigenvalue weighted by molar-refractivity contribution is 1.47. The third-order valence-corrected chi connectivity index (χ3v) is 21.5. The zero-order valence-electron chi connectivity index (χ0n) is 12.4. The van der Waals surface area contributed by atoms with Crippen LogP contribution in [-0.4, -0.2) is 0 Å². The standard InChI is InChI=1S/C12H8Cl6N3P3S2/c13-9-1-5-11(6-2-9)25-24(26-12-7-3-10(14)4-8-12)20-22(15,16)19-23(17,18)21-24/h1-8H. The number of benzene rings is 2. The van der Waals surface area contributed by atoms with E-state index >= 15 is 0 Å². The van der Waals surface area contributed by atoms with Crippen molar-refractivity contribution in [2.45, 2.75) is 9.79 Å². The Kier molecular flexibility index (Phi) is 7.49. The molecule has 0 fully saturated rings. The quantitative estimate of drug-likeness (QED) is 0.347. The van der Waals surface area contributed by atoms with Crippen LogP contribution in [0.1, 0.15) is 0 Å². The first kappa shape index (κ1) is 22.3. The molecule has 1 aliphatic rings. The van der Waals surface area contributed by atoms with Gasteiger partial charge in [0.2, 0.25) is 5.61 Å². The molecule has 0 atom stereocenters. The number of nitrogens with zero attached hydrogens (tertiary/aromatic N) is 3. The average Bonchev–Trinajstić information content (AvgIpc) is 2.49. The summed E-state index contributed by atoms with van der Waals surface area (Å²) in [6.45, 7) is 0. The van der Waals surface area contributed by atoms with Gasteiger partial charge >= 0.3 is 0 Å². The van der Waals surface area contributed by atoms with Gasteiger partial charge in [-0.2, -0.15) is 13.5 Å². The van der Waals surface area contributed by atoms with E-state index < -0.39 is 17.4 Å². The van der Waals surface area contributed by atoms with E-state index in [1.165, 1.54) is 22.8 Å².